The molecule has 4 nitrogen and oxygen atoms in total. The summed E-state index contributed by atoms with van der Waals surface area (Å²) in [7, 11) is 0.215. The third-order valence-electron chi connectivity index (χ3n) is 1.46. The average Bonchev–Trinajstić information content (AvgIpc) is 2.04. The molecule has 0 aromatic heterocycles. The van der Waals surface area contributed by atoms with Gasteiger partial charge in [-0.3, -0.25) is 4.79 Å². The van der Waals surface area contributed by atoms with Gasteiger partial charge in [0.15, 0.2) is 0 Å². The fourth-order valence-electron chi connectivity index (χ4n) is 0.749. The van der Waals surface area contributed by atoms with Crippen LogP contribution in [-0.2, 0) is 9.45 Å². The third kappa shape index (κ3) is 5.45. The normalized spacial score (nSPS) is 12.5. The van der Waals surface area contributed by atoms with Crippen LogP contribution in [0.1, 0.15) is 6.42 Å². The zero-order valence-electron chi connectivity index (χ0n) is 7.16. The van der Waals surface area contributed by atoms with E-state index in [1.165, 1.54) is 0 Å². The SMILES string of the molecule is CSCC[C@@H](BOCN)C(=O)O. The predicted octanol–water partition coefficient (Wildman–Crippen LogP) is -0.103. The van der Waals surface area contributed by atoms with Crippen LogP contribution in [0.3, 0.4) is 0 Å². The van der Waals surface area contributed by atoms with Gasteiger partial charge in [0.05, 0.1) is 12.5 Å². The lowest BCUT2D eigenvalue weighted by molar-refractivity contribution is -0.137. The molecule has 3 N–H and O–H groups in total. The van der Waals surface area contributed by atoms with Crippen molar-refractivity contribution >= 4 is 25.2 Å². The Balaban J connectivity index is 3.62. The molecule has 0 saturated carbocycles. The molecule has 0 spiro atoms. The van der Waals surface area contributed by atoms with Gasteiger partial charge in [-0.1, -0.05) is 0 Å². The Morgan fingerprint density at radius 1 is 1.83 bits per heavy atom. The monoisotopic (exact) mass is 191 g/mol. The molecule has 0 bridgehead atoms. The number of carboxylic acids is 1. The van der Waals surface area contributed by atoms with Crippen molar-refractivity contribution in [3.63, 3.8) is 0 Å². The maximum absolute atomic E-state index is 10.6. The first-order valence-corrected chi connectivity index (χ1v) is 5.11. The summed E-state index contributed by atoms with van der Waals surface area (Å²) in [6, 6.07) is 0. The van der Waals surface area contributed by atoms with Crippen LogP contribution in [0.2, 0.25) is 5.82 Å². The van der Waals surface area contributed by atoms with Crippen LogP contribution in [0.15, 0.2) is 0 Å². The van der Waals surface area contributed by atoms with Crippen LogP contribution < -0.4 is 5.73 Å². The topological polar surface area (TPSA) is 72.5 Å². The Morgan fingerprint density at radius 2 is 2.50 bits per heavy atom. The lowest BCUT2D eigenvalue weighted by Crippen LogP contribution is -2.20. The number of hydrogen-bond acceptors (Lipinski definition) is 4. The Labute approximate surface area is 77.1 Å². The molecule has 70 valence electrons. The van der Waals surface area contributed by atoms with Gasteiger partial charge in [0.2, 0.25) is 0 Å². The maximum atomic E-state index is 10.6. The lowest BCUT2D eigenvalue weighted by Gasteiger charge is -2.08. The zero-order chi connectivity index (χ0) is 9.40. The largest absolute Gasteiger partial charge is 0.481 e. The first-order chi connectivity index (χ1) is 5.72. The molecule has 0 radical (unpaired) electrons. The van der Waals surface area contributed by atoms with E-state index in [9.17, 15) is 4.79 Å². The van der Waals surface area contributed by atoms with Crippen LogP contribution in [0.4, 0.5) is 0 Å². The van der Waals surface area contributed by atoms with E-state index in [0.29, 0.717) is 6.42 Å². The van der Waals surface area contributed by atoms with E-state index < -0.39 is 11.8 Å². The summed E-state index contributed by atoms with van der Waals surface area (Å²) in [5, 5.41) is 8.70. The minimum Gasteiger partial charge on any atom is -0.481 e. The minimum atomic E-state index is -0.808. The number of nitrogens with two attached hydrogens (primary N) is 1. The van der Waals surface area contributed by atoms with Crippen LogP contribution >= 0.6 is 11.8 Å². The quantitative estimate of drug-likeness (QED) is 0.434. The second-order valence-corrected chi connectivity index (χ2v) is 3.34. The summed E-state index contributed by atoms with van der Waals surface area (Å²) in [4.78, 5) is 10.6. The lowest BCUT2D eigenvalue weighted by atomic mass is 9.78. The Bertz CT molecular complexity index is 128. The van der Waals surface area contributed by atoms with Gasteiger partial charge in [-0.05, 0) is 18.4 Å². The molecule has 1 atom stereocenters. The van der Waals surface area contributed by atoms with Crippen LogP contribution in [-0.4, -0.2) is 37.3 Å². The summed E-state index contributed by atoms with van der Waals surface area (Å²) >= 11 is 1.63. The van der Waals surface area contributed by atoms with Crippen molar-refractivity contribution in [3.8, 4) is 0 Å². The summed E-state index contributed by atoms with van der Waals surface area (Å²) in [5.41, 5.74) is 5.09. The molecule has 0 unspecified atom stereocenters. The van der Waals surface area contributed by atoms with Gasteiger partial charge in [0.25, 0.3) is 7.48 Å². The van der Waals surface area contributed by atoms with E-state index in [2.05, 4.69) is 0 Å². The Hall–Kier alpha value is -0.195. The van der Waals surface area contributed by atoms with Crippen molar-refractivity contribution < 1.29 is 14.6 Å². The molecule has 0 aliphatic carbocycles. The van der Waals surface area contributed by atoms with E-state index in [-0.39, 0.29) is 14.2 Å². The molecule has 0 aromatic rings. The summed E-state index contributed by atoms with van der Waals surface area (Å²) in [5.74, 6) is -0.385. The number of aliphatic carboxylic acids is 1. The second-order valence-electron chi connectivity index (χ2n) is 2.35. The first-order valence-electron chi connectivity index (χ1n) is 3.72. The van der Waals surface area contributed by atoms with Crippen LogP contribution in [0.25, 0.3) is 0 Å². The van der Waals surface area contributed by atoms with Crippen LogP contribution in [0, 0.1) is 0 Å². The van der Waals surface area contributed by atoms with E-state index in [4.69, 9.17) is 15.5 Å². The third-order valence-corrected chi connectivity index (χ3v) is 2.10. The summed E-state index contributed by atoms with van der Waals surface area (Å²) < 4.78 is 4.84. The van der Waals surface area contributed by atoms with Gasteiger partial charge in [0, 0.05) is 0 Å². The Kier molecular flexibility index (Phi) is 7.33. The number of carbonyl (C=O) groups is 1. The molecule has 0 heterocycles. The first kappa shape index (κ1) is 11.8. The average molecular weight is 191 g/mol. The Morgan fingerprint density at radius 3 is 2.92 bits per heavy atom. The van der Waals surface area contributed by atoms with Crippen molar-refractivity contribution in [3.05, 3.63) is 0 Å². The highest BCUT2D eigenvalue weighted by Gasteiger charge is 2.18. The number of rotatable bonds is 7. The fraction of sp³-hybridized carbons (Fsp3) is 0.833. The molecule has 12 heavy (non-hydrogen) atoms. The van der Waals surface area contributed by atoms with Gasteiger partial charge in [-0.15, -0.1) is 0 Å². The number of thioether (sulfide) groups is 1. The molecular weight excluding hydrogens is 177 g/mol. The highest BCUT2D eigenvalue weighted by molar-refractivity contribution is 7.98. The zero-order valence-corrected chi connectivity index (χ0v) is 7.97. The smallest absolute Gasteiger partial charge is 0.301 e. The molecule has 0 fully saturated rings. The van der Waals surface area contributed by atoms with E-state index in [1.54, 1.807) is 11.8 Å². The van der Waals surface area contributed by atoms with Gasteiger partial charge in [-0.25, -0.2) is 0 Å². The molecule has 0 saturated heterocycles. The molecule has 6 heteroatoms. The minimum absolute atomic E-state index is 0.0864. The van der Waals surface area contributed by atoms with Crippen LogP contribution in [0.5, 0.6) is 0 Å². The summed E-state index contributed by atoms with van der Waals surface area (Å²) in [6.07, 6.45) is 2.58. The fourth-order valence-corrected chi connectivity index (χ4v) is 1.27. The van der Waals surface area contributed by atoms with Crippen molar-refractivity contribution in [1.29, 1.82) is 0 Å². The molecule has 0 aliphatic rings. The van der Waals surface area contributed by atoms with E-state index >= 15 is 0 Å². The van der Waals surface area contributed by atoms with Crippen molar-refractivity contribution in [1.82, 2.24) is 0 Å². The van der Waals surface area contributed by atoms with Crippen molar-refractivity contribution in [2.24, 2.45) is 5.73 Å². The number of hydrogen-bond donors (Lipinski definition) is 2. The van der Waals surface area contributed by atoms with Gasteiger partial charge < -0.3 is 15.5 Å². The summed E-state index contributed by atoms with van der Waals surface area (Å²) in [6.45, 7) is 0.0864. The standard InChI is InChI=1S/C6H14BNO3S/c1-12-3-2-5(6(9)10)7-11-4-8/h5,7H,2-4,8H2,1H3,(H,9,10)/t5-/m1/s1. The van der Waals surface area contributed by atoms with Crippen molar-refractivity contribution in [2.75, 3.05) is 18.7 Å². The molecule has 0 rings (SSSR count). The number of carboxylic acid groups (broad SMARTS) is 1. The highest BCUT2D eigenvalue weighted by Crippen LogP contribution is 2.12. The second kappa shape index (κ2) is 7.45. The highest BCUT2D eigenvalue weighted by atomic mass is 32.2. The van der Waals surface area contributed by atoms with Gasteiger partial charge in [0.1, 0.15) is 0 Å². The molecule has 0 aromatic carbocycles. The van der Waals surface area contributed by atoms with E-state index in [0.717, 1.165) is 5.75 Å². The van der Waals surface area contributed by atoms with Gasteiger partial charge >= 0.3 is 5.97 Å². The molecular formula is C6H14BNO3S. The molecule has 0 aliphatic heterocycles. The van der Waals surface area contributed by atoms with Crippen molar-refractivity contribution in [2.45, 2.75) is 12.2 Å². The van der Waals surface area contributed by atoms with E-state index in [1.807, 2.05) is 6.26 Å². The van der Waals surface area contributed by atoms with Gasteiger partial charge in [-0.2, -0.15) is 11.8 Å². The maximum Gasteiger partial charge on any atom is 0.301 e. The molecule has 0 amide bonds. The predicted molar refractivity (Wildman–Crippen MR) is 51.7 cm³/mol.